The largest absolute Gasteiger partial charge is 0.345 e. The van der Waals surface area contributed by atoms with Crippen LogP contribution in [0.2, 0.25) is 0 Å². The third kappa shape index (κ3) is 2.84. The van der Waals surface area contributed by atoms with Crippen molar-refractivity contribution < 1.29 is 4.79 Å². The molecular formula is C17H19NO. The molecule has 0 saturated heterocycles. The van der Waals surface area contributed by atoms with Gasteiger partial charge in [0.25, 0.3) is 5.91 Å². The Hall–Kier alpha value is -2.09. The van der Waals surface area contributed by atoms with E-state index in [-0.39, 0.29) is 5.91 Å². The Labute approximate surface area is 114 Å². The minimum Gasteiger partial charge on any atom is -0.345 e. The van der Waals surface area contributed by atoms with Crippen molar-refractivity contribution in [2.45, 2.75) is 13.8 Å². The Morgan fingerprint density at radius 1 is 1.00 bits per heavy atom. The van der Waals surface area contributed by atoms with Crippen LogP contribution in [0.3, 0.4) is 0 Å². The van der Waals surface area contributed by atoms with Gasteiger partial charge in [-0.15, -0.1) is 0 Å². The predicted molar refractivity (Wildman–Crippen MR) is 79.4 cm³/mol. The Kier molecular flexibility index (Phi) is 3.70. The van der Waals surface area contributed by atoms with E-state index in [0.29, 0.717) is 0 Å². The molecule has 2 aromatic rings. The number of carbonyl (C=O) groups is 1. The van der Waals surface area contributed by atoms with Gasteiger partial charge in [-0.1, -0.05) is 30.3 Å². The van der Waals surface area contributed by atoms with Crippen LogP contribution in [0.4, 0.5) is 0 Å². The van der Waals surface area contributed by atoms with Gasteiger partial charge in [0.05, 0.1) is 0 Å². The van der Waals surface area contributed by atoms with Crippen molar-refractivity contribution in [3.63, 3.8) is 0 Å². The number of carbonyl (C=O) groups excluding carboxylic acids is 1. The standard InChI is InChI=1S/C17H19NO/c1-12-9-14(16-8-6-5-7-13(16)2)11-15(10-12)17(19)18(3)4/h5-11H,1-4H3. The molecule has 0 N–H and O–H groups in total. The van der Waals surface area contributed by atoms with E-state index in [0.717, 1.165) is 16.7 Å². The number of aryl methyl sites for hydroxylation is 2. The lowest BCUT2D eigenvalue weighted by atomic mass is 9.96. The molecule has 0 aliphatic rings. The fraction of sp³-hybridized carbons (Fsp3) is 0.235. The van der Waals surface area contributed by atoms with Crippen molar-refractivity contribution in [1.29, 1.82) is 0 Å². The molecule has 0 aromatic heterocycles. The summed E-state index contributed by atoms with van der Waals surface area (Å²) in [5, 5.41) is 0. The fourth-order valence-corrected chi connectivity index (χ4v) is 2.22. The summed E-state index contributed by atoms with van der Waals surface area (Å²) in [5.74, 6) is 0.0403. The molecule has 0 heterocycles. The molecule has 0 radical (unpaired) electrons. The average Bonchev–Trinajstić information content (AvgIpc) is 2.37. The first-order valence-electron chi connectivity index (χ1n) is 6.38. The van der Waals surface area contributed by atoms with E-state index in [4.69, 9.17) is 0 Å². The molecule has 2 aromatic carbocycles. The maximum absolute atomic E-state index is 12.1. The predicted octanol–water partition coefficient (Wildman–Crippen LogP) is 3.67. The van der Waals surface area contributed by atoms with Crippen LogP contribution in [0.15, 0.2) is 42.5 Å². The molecule has 2 heteroatoms. The van der Waals surface area contributed by atoms with Crippen LogP contribution in [0.5, 0.6) is 0 Å². The van der Waals surface area contributed by atoms with Crippen molar-refractivity contribution in [3.05, 3.63) is 59.2 Å². The van der Waals surface area contributed by atoms with Gasteiger partial charge in [0, 0.05) is 19.7 Å². The molecule has 0 spiro atoms. The van der Waals surface area contributed by atoms with Gasteiger partial charge in [-0.2, -0.15) is 0 Å². The summed E-state index contributed by atoms with van der Waals surface area (Å²) in [6.07, 6.45) is 0. The van der Waals surface area contributed by atoms with E-state index in [1.54, 1.807) is 19.0 Å². The van der Waals surface area contributed by atoms with E-state index in [2.05, 4.69) is 25.1 Å². The summed E-state index contributed by atoms with van der Waals surface area (Å²) in [6.45, 7) is 4.11. The van der Waals surface area contributed by atoms with E-state index in [1.165, 1.54) is 11.1 Å². The van der Waals surface area contributed by atoms with E-state index < -0.39 is 0 Å². The topological polar surface area (TPSA) is 20.3 Å². The van der Waals surface area contributed by atoms with Gasteiger partial charge in [0.15, 0.2) is 0 Å². The SMILES string of the molecule is Cc1cc(C(=O)N(C)C)cc(-c2ccccc2C)c1. The van der Waals surface area contributed by atoms with Crippen LogP contribution in [-0.4, -0.2) is 24.9 Å². The second kappa shape index (κ2) is 5.27. The smallest absolute Gasteiger partial charge is 0.253 e. The summed E-state index contributed by atoms with van der Waals surface area (Å²) < 4.78 is 0. The third-order valence-electron chi connectivity index (χ3n) is 3.19. The molecule has 0 bridgehead atoms. The Morgan fingerprint density at radius 2 is 1.68 bits per heavy atom. The summed E-state index contributed by atoms with van der Waals surface area (Å²) in [4.78, 5) is 13.7. The van der Waals surface area contributed by atoms with Crippen molar-refractivity contribution >= 4 is 5.91 Å². The Balaban J connectivity index is 2.54. The molecule has 0 unspecified atom stereocenters. The van der Waals surface area contributed by atoms with Crippen LogP contribution in [-0.2, 0) is 0 Å². The normalized spacial score (nSPS) is 10.3. The van der Waals surface area contributed by atoms with Crippen molar-refractivity contribution in [1.82, 2.24) is 4.90 Å². The molecule has 0 fully saturated rings. The fourth-order valence-electron chi connectivity index (χ4n) is 2.22. The molecule has 98 valence electrons. The Bertz CT molecular complexity index is 614. The molecule has 1 amide bonds. The minimum atomic E-state index is 0.0403. The van der Waals surface area contributed by atoms with E-state index in [9.17, 15) is 4.79 Å². The molecule has 2 rings (SSSR count). The molecule has 0 aliphatic carbocycles. The maximum atomic E-state index is 12.1. The van der Waals surface area contributed by atoms with Crippen LogP contribution in [0, 0.1) is 13.8 Å². The van der Waals surface area contributed by atoms with Gasteiger partial charge in [0.1, 0.15) is 0 Å². The molecule has 0 atom stereocenters. The van der Waals surface area contributed by atoms with Gasteiger partial charge in [-0.3, -0.25) is 4.79 Å². The highest BCUT2D eigenvalue weighted by molar-refractivity contribution is 5.95. The van der Waals surface area contributed by atoms with Gasteiger partial charge in [0.2, 0.25) is 0 Å². The van der Waals surface area contributed by atoms with Gasteiger partial charge < -0.3 is 4.90 Å². The summed E-state index contributed by atoms with van der Waals surface area (Å²) >= 11 is 0. The first-order valence-corrected chi connectivity index (χ1v) is 6.38. The maximum Gasteiger partial charge on any atom is 0.253 e. The van der Waals surface area contributed by atoms with Crippen LogP contribution in [0.25, 0.3) is 11.1 Å². The minimum absolute atomic E-state index is 0.0403. The second-order valence-electron chi connectivity index (χ2n) is 5.10. The second-order valence-corrected chi connectivity index (χ2v) is 5.10. The lowest BCUT2D eigenvalue weighted by Gasteiger charge is -2.13. The monoisotopic (exact) mass is 253 g/mol. The highest BCUT2D eigenvalue weighted by Crippen LogP contribution is 2.25. The highest BCUT2D eigenvalue weighted by atomic mass is 16.2. The van der Waals surface area contributed by atoms with Gasteiger partial charge >= 0.3 is 0 Å². The van der Waals surface area contributed by atoms with E-state index in [1.807, 2.05) is 31.2 Å². The van der Waals surface area contributed by atoms with Gasteiger partial charge in [-0.25, -0.2) is 0 Å². The summed E-state index contributed by atoms with van der Waals surface area (Å²) in [5.41, 5.74) is 5.34. The van der Waals surface area contributed by atoms with Crippen LogP contribution in [0.1, 0.15) is 21.5 Å². The highest BCUT2D eigenvalue weighted by Gasteiger charge is 2.11. The number of rotatable bonds is 2. The number of nitrogens with zero attached hydrogens (tertiary/aromatic N) is 1. The number of hydrogen-bond acceptors (Lipinski definition) is 1. The first-order chi connectivity index (χ1) is 8.99. The zero-order chi connectivity index (χ0) is 14.0. The quantitative estimate of drug-likeness (QED) is 0.799. The molecular weight excluding hydrogens is 234 g/mol. The van der Waals surface area contributed by atoms with Crippen molar-refractivity contribution in [3.8, 4) is 11.1 Å². The number of benzene rings is 2. The Morgan fingerprint density at radius 3 is 2.32 bits per heavy atom. The lowest BCUT2D eigenvalue weighted by molar-refractivity contribution is 0.0827. The molecule has 19 heavy (non-hydrogen) atoms. The first kappa shape index (κ1) is 13.3. The number of amides is 1. The van der Waals surface area contributed by atoms with Gasteiger partial charge in [-0.05, 0) is 48.2 Å². The third-order valence-corrected chi connectivity index (χ3v) is 3.19. The molecule has 2 nitrogen and oxygen atoms in total. The molecule has 0 saturated carbocycles. The van der Waals surface area contributed by atoms with Crippen molar-refractivity contribution in [2.24, 2.45) is 0 Å². The summed E-state index contributed by atoms with van der Waals surface area (Å²) in [6, 6.07) is 14.3. The van der Waals surface area contributed by atoms with Crippen LogP contribution < -0.4 is 0 Å². The zero-order valence-electron chi connectivity index (χ0n) is 11.9. The lowest BCUT2D eigenvalue weighted by Crippen LogP contribution is -2.21. The summed E-state index contributed by atoms with van der Waals surface area (Å²) in [7, 11) is 3.55. The zero-order valence-corrected chi connectivity index (χ0v) is 11.9. The van der Waals surface area contributed by atoms with Crippen LogP contribution >= 0.6 is 0 Å². The number of hydrogen-bond donors (Lipinski definition) is 0. The van der Waals surface area contributed by atoms with E-state index >= 15 is 0 Å². The average molecular weight is 253 g/mol. The van der Waals surface area contributed by atoms with Crippen molar-refractivity contribution in [2.75, 3.05) is 14.1 Å². The molecule has 0 aliphatic heterocycles.